The van der Waals surface area contributed by atoms with Gasteiger partial charge in [-0.05, 0) is 31.2 Å². The average Bonchev–Trinajstić information content (AvgIpc) is 3.49. The summed E-state index contributed by atoms with van der Waals surface area (Å²) in [5.74, 6) is -1.28. The first-order valence-electron chi connectivity index (χ1n) is 9.77. The van der Waals surface area contributed by atoms with Crippen LogP contribution in [0, 0.1) is 11.8 Å². The SMILES string of the molecule is O=C(O)c1nn(CC(=O)N2[C@@H]3C[C@@H]3C[C@H]2C(=O)NC[C@@H]2CC2(Cl)Cl)c2cnccc12. The van der Waals surface area contributed by atoms with Crippen molar-refractivity contribution >= 4 is 51.9 Å². The molecular formula is C19H19Cl2N5O4. The van der Waals surface area contributed by atoms with E-state index >= 15 is 0 Å². The first kappa shape index (κ1) is 19.6. The smallest absolute Gasteiger partial charge is 0.357 e. The van der Waals surface area contributed by atoms with E-state index in [0.717, 1.165) is 6.42 Å². The number of carboxylic acid groups (broad SMARTS) is 1. The number of nitrogens with zero attached hydrogens (tertiary/aromatic N) is 4. The molecule has 4 atom stereocenters. The van der Waals surface area contributed by atoms with Gasteiger partial charge in [0.05, 0.1) is 11.7 Å². The van der Waals surface area contributed by atoms with E-state index in [2.05, 4.69) is 15.4 Å². The highest BCUT2D eigenvalue weighted by Crippen LogP contribution is 2.53. The third-order valence-electron chi connectivity index (χ3n) is 6.21. The number of aromatic nitrogens is 3. The highest BCUT2D eigenvalue weighted by Gasteiger charge is 2.56. The van der Waals surface area contributed by atoms with Crippen LogP contribution in [0.5, 0.6) is 0 Å². The zero-order valence-corrected chi connectivity index (χ0v) is 17.3. The van der Waals surface area contributed by atoms with Crippen molar-refractivity contribution in [3.05, 3.63) is 24.2 Å². The van der Waals surface area contributed by atoms with Crippen LogP contribution in [0.2, 0.25) is 0 Å². The molecule has 0 spiro atoms. The van der Waals surface area contributed by atoms with Crippen LogP contribution in [-0.4, -0.2) is 65.5 Å². The van der Waals surface area contributed by atoms with Crippen molar-refractivity contribution in [2.45, 2.75) is 42.2 Å². The lowest BCUT2D eigenvalue weighted by atomic mass is 10.1. The number of fused-ring (bicyclic) bond motifs is 2. The van der Waals surface area contributed by atoms with Crippen LogP contribution in [0.1, 0.15) is 29.8 Å². The summed E-state index contributed by atoms with van der Waals surface area (Å²) in [6.45, 7) is 0.231. The molecule has 3 heterocycles. The fourth-order valence-corrected chi connectivity index (χ4v) is 4.92. The Labute approximate surface area is 181 Å². The second kappa shape index (κ2) is 6.81. The van der Waals surface area contributed by atoms with Crippen LogP contribution >= 0.6 is 23.2 Å². The van der Waals surface area contributed by atoms with E-state index in [0.29, 0.717) is 36.2 Å². The normalized spacial score (nSPS) is 28.3. The summed E-state index contributed by atoms with van der Waals surface area (Å²) < 4.78 is 0.579. The van der Waals surface area contributed by atoms with Gasteiger partial charge in [-0.1, -0.05) is 0 Å². The Kier molecular flexibility index (Phi) is 4.44. The molecule has 0 aromatic carbocycles. The first-order chi connectivity index (χ1) is 14.3. The van der Waals surface area contributed by atoms with E-state index in [4.69, 9.17) is 23.2 Å². The summed E-state index contributed by atoms with van der Waals surface area (Å²) in [4.78, 5) is 43.0. The van der Waals surface area contributed by atoms with Gasteiger partial charge in [0, 0.05) is 30.1 Å². The van der Waals surface area contributed by atoms with Gasteiger partial charge in [-0.15, -0.1) is 23.2 Å². The molecule has 0 unspecified atom stereocenters. The van der Waals surface area contributed by atoms with Crippen LogP contribution in [0.4, 0.5) is 0 Å². The van der Waals surface area contributed by atoms with E-state index in [1.807, 2.05) is 0 Å². The average molecular weight is 452 g/mol. The maximum atomic E-state index is 13.1. The molecule has 30 heavy (non-hydrogen) atoms. The number of aromatic carboxylic acids is 1. The number of hydrogen-bond acceptors (Lipinski definition) is 5. The zero-order chi connectivity index (χ0) is 21.2. The molecule has 2 aliphatic carbocycles. The Morgan fingerprint density at radius 2 is 2.07 bits per heavy atom. The number of piperidine rings is 1. The highest BCUT2D eigenvalue weighted by atomic mass is 35.5. The number of rotatable bonds is 6. The molecule has 5 rings (SSSR count). The Bertz CT molecular complexity index is 1070. The molecule has 2 aromatic heterocycles. The first-order valence-corrected chi connectivity index (χ1v) is 10.5. The van der Waals surface area contributed by atoms with Gasteiger partial charge in [0.1, 0.15) is 16.9 Å². The number of halogens is 2. The van der Waals surface area contributed by atoms with Gasteiger partial charge >= 0.3 is 5.97 Å². The minimum absolute atomic E-state index is 0.0299. The van der Waals surface area contributed by atoms with Gasteiger partial charge < -0.3 is 15.3 Å². The minimum Gasteiger partial charge on any atom is -0.476 e. The molecule has 3 aliphatic rings. The predicted octanol–water partition coefficient (Wildman–Crippen LogP) is 1.43. The van der Waals surface area contributed by atoms with Crippen LogP contribution < -0.4 is 5.32 Å². The summed E-state index contributed by atoms with van der Waals surface area (Å²) in [6, 6.07) is 1.06. The molecule has 3 fully saturated rings. The summed E-state index contributed by atoms with van der Waals surface area (Å²) >= 11 is 12.0. The highest BCUT2D eigenvalue weighted by molar-refractivity contribution is 6.50. The molecule has 158 valence electrons. The Balaban J connectivity index is 1.32. The van der Waals surface area contributed by atoms with Gasteiger partial charge in [0.25, 0.3) is 0 Å². The topological polar surface area (TPSA) is 117 Å². The van der Waals surface area contributed by atoms with Gasteiger partial charge in [0.2, 0.25) is 11.8 Å². The summed E-state index contributed by atoms with van der Waals surface area (Å²) in [6.07, 6.45) is 5.11. The van der Waals surface area contributed by atoms with Crippen molar-refractivity contribution in [1.29, 1.82) is 0 Å². The lowest BCUT2D eigenvalue weighted by molar-refractivity contribution is -0.140. The van der Waals surface area contributed by atoms with Gasteiger partial charge in [-0.3, -0.25) is 19.3 Å². The van der Waals surface area contributed by atoms with E-state index in [-0.39, 0.29) is 36.0 Å². The van der Waals surface area contributed by atoms with Crippen molar-refractivity contribution in [1.82, 2.24) is 25.0 Å². The maximum Gasteiger partial charge on any atom is 0.357 e. The molecule has 0 radical (unpaired) electrons. The summed E-state index contributed by atoms with van der Waals surface area (Å²) in [5.41, 5.74) is 0.334. The zero-order valence-electron chi connectivity index (χ0n) is 15.8. The standard InChI is InChI=1S/C19H19Cl2N5O4/c20-19(21)5-10(19)6-23-17(28)13-4-9-3-12(9)26(13)15(27)8-25-14-7-22-2-1-11(14)16(24-25)18(29)30/h1-2,7,9-10,12-13H,3-6,8H2,(H,23,28)(H,29,30)/t9-,10+,12-,13+/m1/s1. The van der Waals surface area contributed by atoms with Crippen molar-refractivity contribution in [2.24, 2.45) is 11.8 Å². The minimum atomic E-state index is -1.17. The van der Waals surface area contributed by atoms with Crippen LogP contribution in [0.25, 0.3) is 10.9 Å². The van der Waals surface area contributed by atoms with Gasteiger partial charge in [-0.2, -0.15) is 5.10 Å². The Hall–Kier alpha value is -2.39. The fraction of sp³-hybridized carbons (Fsp3) is 0.526. The van der Waals surface area contributed by atoms with Crippen LogP contribution in [0.3, 0.4) is 0 Å². The molecule has 11 heteroatoms. The maximum absolute atomic E-state index is 13.1. The number of alkyl halides is 2. The monoisotopic (exact) mass is 451 g/mol. The number of hydrogen-bond donors (Lipinski definition) is 2. The molecule has 2 amide bonds. The lowest BCUT2D eigenvalue weighted by Crippen LogP contribution is -2.49. The Morgan fingerprint density at radius 1 is 1.30 bits per heavy atom. The fourth-order valence-electron chi connectivity index (χ4n) is 4.39. The largest absolute Gasteiger partial charge is 0.476 e. The molecule has 2 N–H and O–H groups in total. The molecular weight excluding hydrogens is 433 g/mol. The third-order valence-corrected chi connectivity index (χ3v) is 7.14. The number of amides is 2. The van der Waals surface area contributed by atoms with E-state index in [1.54, 1.807) is 11.0 Å². The number of likely N-dealkylation sites (tertiary alicyclic amines) is 1. The van der Waals surface area contributed by atoms with Crippen LogP contribution in [-0.2, 0) is 16.1 Å². The van der Waals surface area contributed by atoms with E-state index in [1.165, 1.54) is 17.1 Å². The van der Waals surface area contributed by atoms with Crippen molar-refractivity contribution in [2.75, 3.05) is 6.54 Å². The molecule has 9 nitrogen and oxygen atoms in total. The molecule has 2 aromatic rings. The van der Waals surface area contributed by atoms with E-state index < -0.39 is 16.3 Å². The quantitative estimate of drug-likeness (QED) is 0.641. The lowest BCUT2D eigenvalue weighted by Gasteiger charge is -2.27. The molecule has 2 saturated carbocycles. The van der Waals surface area contributed by atoms with Gasteiger partial charge in [-0.25, -0.2) is 4.79 Å². The number of carbonyl (C=O) groups is 3. The second-order valence-electron chi connectivity index (χ2n) is 8.23. The number of carboxylic acids is 1. The number of nitrogens with one attached hydrogen (secondary N) is 1. The molecule has 0 bridgehead atoms. The van der Waals surface area contributed by atoms with Crippen molar-refractivity contribution < 1.29 is 19.5 Å². The second-order valence-corrected chi connectivity index (χ2v) is 9.77. The Morgan fingerprint density at radius 3 is 2.77 bits per heavy atom. The van der Waals surface area contributed by atoms with Crippen molar-refractivity contribution in [3.8, 4) is 0 Å². The summed E-state index contributed by atoms with van der Waals surface area (Å²) in [5, 5.41) is 16.8. The molecule has 1 aliphatic heterocycles. The predicted molar refractivity (Wildman–Crippen MR) is 107 cm³/mol. The third kappa shape index (κ3) is 3.30. The van der Waals surface area contributed by atoms with Crippen molar-refractivity contribution in [3.63, 3.8) is 0 Å². The summed E-state index contributed by atoms with van der Waals surface area (Å²) in [7, 11) is 0. The van der Waals surface area contributed by atoms with Gasteiger partial charge in [0.15, 0.2) is 5.69 Å². The number of carbonyl (C=O) groups excluding carboxylic acids is 2. The van der Waals surface area contributed by atoms with Crippen LogP contribution in [0.15, 0.2) is 18.5 Å². The molecule has 1 saturated heterocycles. The number of pyridine rings is 1. The van der Waals surface area contributed by atoms with E-state index in [9.17, 15) is 19.5 Å².